The molecule has 0 aliphatic carbocycles. The number of anilines is 3. The van der Waals surface area contributed by atoms with E-state index in [9.17, 15) is 9.18 Å². The fraction of sp³-hybridized carbons (Fsp3) is 0.393. The molecule has 208 valence electrons. The minimum Gasteiger partial charge on any atom is -0.496 e. The number of carbonyl (C=O) groups excluding carboxylic acids is 1. The molecule has 1 amide bonds. The largest absolute Gasteiger partial charge is 0.496 e. The van der Waals surface area contributed by atoms with Crippen molar-refractivity contribution in [3.05, 3.63) is 54.5 Å². The summed E-state index contributed by atoms with van der Waals surface area (Å²) < 4.78 is 36.2. The van der Waals surface area contributed by atoms with Gasteiger partial charge in [0, 0.05) is 49.7 Å². The molecule has 3 aromatic rings. The Labute approximate surface area is 227 Å². The molecule has 10 nitrogen and oxygen atoms in total. The van der Waals surface area contributed by atoms with Crippen molar-refractivity contribution in [2.75, 3.05) is 57.7 Å². The maximum atomic E-state index is 14.7. The van der Waals surface area contributed by atoms with Crippen LogP contribution in [0.15, 0.2) is 48.7 Å². The highest BCUT2D eigenvalue weighted by molar-refractivity contribution is 5.87. The Bertz CT molecular complexity index is 1230. The van der Waals surface area contributed by atoms with E-state index in [0.717, 1.165) is 26.1 Å². The number of ether oxygens (including phenoxy) is 4. The van der Waals surface area contributed by atoms with Gasteiger partial charge < -0.3 is 29.2 Å². The summed E-state index contributed by atoms with van der Waals surface area (Å²) in [6, 6.07) is 10.9. The number of rotatable bonds is 11. The van der Waals surface area contributed by atoms with Gasteiger partial charge in [-0.25, -0.2) is 14.2 Å². The topological polar surface area (TPSA) is 98.3 Å². The first kappa shape index (κ1) is 27.9. The lowest BCUT2D eigenvalue weighted by Crippen LogP contribution is -2.31. The molecular formula is C28H34FN5O5. The molecule has 1 aromatic heterocycles. The van der Waals surface area contributed by atoms with Gasteiger partial charge in [0.25, 0.3) is 0 Å². The van der Waals surface area contributed by atoms with Gasteiger partial charge in [0.05, 0.1) is 20.8 Å². The first-order valence-electron chi connectivity index (χ1n) is 12.9. The van der Waals surface area contributed by atoms with Crippen molar-refractivity contribution in [3.63, 3.8) is 0 Å². The third kappa shape index (κ3) is 7.93. The summed E-state index contributed by atoms with van der Waals surface area (Å²) >= 11 is 0. The standard InChI is InChI=1S/C28H34FN5O5/c1-33(28(35)39-23-18-21(36-2)17-22(19-23)37-3)26-10-11-30-27(32-26)31-20-8-9-25(24(29)16-20)38-15-7-14-34-12-5-4-6-13-34/h8-11,16-19H,4-7,12-15H2,1-3H3,(H,30,31,32). The number of carbonyl (C=O) groups is 1. The van der Waals surface area contributed by atoms with E-state index in [1.807, 2.05) is 0 Å². The number of hydrogen-bond donors (Lipinski definition) is 1. The Morgan fingerprint density at radius 2 is 1.74 bits per heavy atom. The summed E-state index contributed by atoms with van der Waals surface area (Å²) in [6.45, 7) is 3.68. The molecule has 0 unspecified atom stereocenters. The molecule has 1 saturated heterocycles. The molecule has 0 saturated carbocycles. The van der Waals surface area contributed by atoms with Gasteiger partial charge in [-0.3, -0.25) is 4.90 Å². The fourth-order valence-corrected chi connectivity index (χ4v) is 4.18. The van der Waals surface area contributed by atoms with Crippen molar-refractivity contribution in [3.8, 4) is 23.0 Å². The van der Waals surface area contributed by atoms with Crippen LogP contribution < -0.4 is 29.2 Å². The number of amides is 1. The molecular weight excluding hydrogens is 505 g/mol. The van der Waals surface area contributed by atoms with Gasteiger partial charge in [0.1, 0.15) is 23.1 Å². The average Bonchev–Trinajstić information content (AvgIpc) is 2.96. The highest BCUT2D eigenvalue weighted by atomic mass is 19.1. The van der Waals surface area contributed by atoms with Gasteiger partial charge in [-0.15, -0.1) is 0 Å². The number of benzene rings is 2. The van der Waals surface area contributed by atoms with E-state index in [-0.39, 0.29) is 23.3 Å². The minimum atomic E-state index is -0.678. The summed E-state index contributed by atoms with van der Waals surface area (Å²) in [5, 5.41) is 2.96. The van der Waals surface area contributed by atoms with E-state index in [2.05, 4.69) is 20.2 Å². The highest BCUT2D eigenvalue weighted by Crippen LogP contribution is 2.28. The number of likely N-dealkylation sites (tertiary alicyclic amines) is 1. The number of nitrogens with zero attached hydrogens (tertiary/aromatic N) is 4. The van der Waals surface area contributed by atoms with Crippen LogP contribution in [0, 0.1) is 5.82 Å². The second kappa shape index (κ2) is 13.6. The van der Waals surface area contributed by atoms with Crippen LogP contribution >= 0.6 is 0 Å². The van der Waals surface area contributed by atoms with Crippen LogP contribution in [0.3, 0.4) is 0 Å². The Balaban J connectivity index is 1.32. The smallest absolute Gasteiger partial charge is 0.420 e. The summed E-state index contributed by atoms with van der Waals surface area (Å²) in [7, 11) is 4.53. The van der Waals surface area contributed by atoms with Crippen LogP contribution in [-0.2, 0) is 0 Å². The van der Waals surface area contributed by atoms with Crippen LogP contribution in [0.1, 0.15) is 25.7 Å². The number of aromatic nitrogens is 2. The summed E-state index contributed by atoms with van der Waals surface area (Å²) in [6.07, 6.45) is 5.45. The van der Waals surface area contributed by atoms with Crippen molar-refractivity contribution in [1.29, 1.82) is 0 Å². The monoisotopic (exact) mass is 539 g/mol. The normalized spacial score (nSPS) is 13.4. The Hall–Kier alpha value is -4.12. The Kier molecular flexibility index (Phi) is 9.74. The zero-order chi connectivity index (χ0) is 27.6. The summed E-state index contributed by atoms with van der Waals surface area (Å²) in [5.41, 5.74) is 0.444. The minimum absolute atomic E-state index is 0.185. The summed E-state index contributed by atoms with van der Waals surface area (Å²) in [5.74, 6) is 1.39. The lowest BCUT2D eigenvalue weighted by Gasteiger charge is -2.26. The predicted octanol–water partition coefficient (Wildman–Crippen LogP) is 5.27. The fourth-order valence-electron chi connectivity index (χ4n) is 4.18. The third-order valence-corrected chi connectivity index (χ3v) is 6.30. The van der Waals surface area contributed by atoms with E-state index in [1.165, 1.54) is 57.7 Å². The number of nitrogens with one attached hydrogen (secondary N) is 1. The molecule has 4 rings (SSSR count). The van der Waals surface area contributed by atoms with Crippen LogP contribution in [0.2, 0.25) is 0 Å². The lowest BCUT2D eigenvalue weighted by atomic mass is 10.1. The van der Waals surface area contributed by atoms with E-state index in [4.69, 9.17) is 18.9 Å². The highest BCUT2D eigenvalue weighted by Gasteiger charge is 2.17. The molecule has 0 bridgehead atoms. The maximum absolute atomic E-state index is 14.7. The SMILES string of the molecule is COc1cc(OC)cc(OC(=O)N(C)c2ccnc(Nc3ccc(OCCCN4CCCCC4)c(F)c3)n2)c1. The molecule has 1 aliphatic heterocycles. The van der Waals surface area contributed by atoms with Crippen LogP contribution in [-0.4, -0.2) is 68.5 Å². The number of piperidine rings is 1. The second-order valence-corrected chi connectivity index (χ2v) is 9.09. The number of halogens is 1. The van der Waals surface area contributed by atoms with Crippen LogP contribution in [0.4, 0.5) is 26.6 Å². The van der Waals surface area contributed by atoms with Gasteiger partial charge in [0.15, 0.2) is 11.6 Å². The zero-order valence-electron chi connectivity index (χ0n) is 22.5. The second-order valence-electron chi connectivity index (χ2n) is 9.09. The molecule has 39 heavy (non-hydrogen) atoms. The van der Waals surface area contributed by atoms with Gasteiger partial charge >= 0.3 is 6.09 Å². The van der Waals surface area contributed by atoms with E-state index >= 15 is 0 Å². The van der Waals surface area contributed by atoms with E-state index in [1.54, 1.807) is 36.4 Å². The van der Waals surface area contributed by atoms with Crippen molar-refractivity contribution < 1.29 is 28.1 Å². The Morgan fingerprint density at radius 1 is 1.03 bits per heavy atom. The Morgan fingerprint density at radius 3 is 2.44 bits per heavy atom. The molecule has 0 atom stereocenters. The van der Waals surface area contributed by atoms with Crippen molar-refractivity contribution in [2.24, 2.45) is 0 Å². The number of methoxy groups -OCH3 is 2. The zero-order valence-corrected chi connectivity index (χ0v) is 22.5. The van der Waals surface area contributed by atoms with E-state index in [0.29, 0.717) is 23.8 Å². The molecule has 1 aliphatic rings. The quantitative estimate of drug-likeness (QED) is 0.327. The molecule has 11 heteroatoms. The lowest BCUT2D eigenvalue weighted by molar-refractivity contribution is 0.203. The summed E-state index contributed by atoms with van der Waals surface area (Å²) in [4.78, 5) is 24.9. The van der Waals surface area contributed by atoms with Gasteiger partial charge in [-0.1, -0.05) is 6.42 Å². The molecule has 0 spiro atoms. The molecule has 2 heterocycles. The average molecular weight is 540 g/mol. The number of hydrogen-bond acceptors (Lipinski definition) is 9. The van der Waals surface area contributed by atoms with Crippen LogP contribution in [0.5, 0.6) is 23.0 Å². The van der Waals surface area contributed by atoms with Gasteiger partial charge in [-0.05, 0) is 50.6 Å². The molecule has 1 N–H and O–H groups in total. The first-order valence-corrected chi connectivity index (χ1v) is 12.9. The van der Waals surface area contributed by atoms with Gasteiger partial charge in [0.2, 0.25) is 5.95 Å². The molecule has 0 radical (unpaired) electrons. The van der Waals surface area contributed by atoms with Gasteiger partial charge in [-0.2, -0.15) is 4.98 Å². The predicted molar refractivity (Wildman–Crippen MR) is 146 cm³/mol. The maximum Gasteiger partial charge on any atom is 0.420 e. The molecule has 2 aromatic carbocycles. The first-order chi connectivity index (χ1) is 18.9. The van der Waals surface area contributed by atoms with Crippen molar-refractivity contribution in [2.45, 2.75) is 25.7 Å². The third-order valence-electron chi connectivity index (χ3n) is 6.30. The molecule has 1 fully saturated rings. The van der Waals surface area contributed by atoms with E-state index < -0.39 is 11.9 Å². The van der Waals surface area contributed by atoms with Crippen molar-refractivity contribution in [1.82, 2.24) is 14.9 Å². The van der Waals surface area contributed by atoms with Crippen LogP contribution in [0.25, 0.3) is 0 Å². The van der Waals surface area contributed by atoms with Crippen molar-refractivity contribution >= 4 is 23.5 Å².